The van der Waals surface area contributed by atoms with Crippen LogP contribution in [0.5, 0.6) is 0 Å². The molecule has 0 rings (SSSR count). The van der Waals surface area contributed by atoms with Gasteiger partial charge in [0.2, 0.25) is 5.91 Å². The molecule has 0 aromatic rings. The van der Waals surface area contributed by atoms with Gasteiger partial charge in [0.15, 0.2) is 0 Å². The monoisotopic (exact) mass is 277 g/mol. The second kappa shape index (κ2) is 10.1. The van der Waals surface area contributed by atoms with E-state index in [1.165, 1.54) is 25.3 Å². The molecule has 0 saturated carbocycles. The molecule has 0 aliphatic rings. The molecule has 106 valence electrons. The average Bonchev–Trinajstić information content (AvgIpc) is 2.28. The summed E-state index contributed by atoms with van der Waals surface area (Å²) in [6, 6.07) is 0. The van der Waals surface area contributed by atoms with E-state index in [1.807, 2.05) is 6.08 Å². The van der Waals surface area contributed by atoms with E-state index in [0.717, 1.165) is 12.8 Å². The summed E-state index contributed by atoms with van der Waals surface area (Å²) >= 11 is 0. The second-order valence-corrected chi connectivity index (χ2v) is 5.75. The molecular formula is C12H23NO4S. The lowest BCUT2D eigenvalue weighted by atomic mass is 10.1. The highest BCUT2D eigenvalue weighted by Gasteiger charge is 2.03. The summed E-state index contributed by atoms with van der Waals surface area (Å²) in [4.78, 5) is 11.2. The Morgan fingerprint density at radius 2 is 1.94 bits per heavy atom. The number of nitrogens with one attached hydrogen (secondary N) is 1. The third kappa shape index (κ3) is 13.2. The first-order valence-electron chi connectivity index (χ1n) is 6.35. The quantitative estimate of drug-likeness (QED) is 0.363. The minimum Gasteiger partial charge on any atom is -0.353 e. The lowest BCUT2D eigenvalue weighted by molar-refractivity contribution is -0.116. The van der Waals surface area contributed by atoms with Crippen LogP contribution in [0.15, 0.2) is 12.2 Å². The van der Waals surface area contributed by atoms with Crippen LogP contribution in [0, 0.1) is 0 Å². The topological polar surface area (TPSA) is 83.5 Å². The molecule has 0 atom stereocenters. The molecule has 18 heavy (non-hydrogen) atoms. The van der Waals surface area contributed by atoms with Crippen LogP contribution in [0.25, 0.3) is 0 Å². The largest absolute Gasteiger partial charge is 0.353 e. The van der Waals surface area contributed by atoms with Crippen molar-refractivity contribution in [1.82, 2.24) is 5.32 Å². The standard InChI is InChI=1S/C12H23NO4S/c1-2-3-4-5-6-7-9-12(14)13-10-8-11-18(15,16)17/h7,9H,2-6,8,10-11H2,1H3,(H,13,14)(H,15,16,17)/b9-7+. The maximum Gasteiger partial charge on any atom is 0.264 e. The third-order valence-electron chi connectivity index (χ3n) is 2.37. The summed E-state index contributed by atoms with van der Waals surface area (Å²) in [5.41, 5.74) is 0. The number of amides is 1. The van der Waals surface area contributed by atoms with Crippen LogP contribution in [0.4, 0.5) is 0 Å². The van der Waals surface area contributed by atoms with Gasteiger partial charge in [0, 0.05) is 6.54 Å². The number of hydrogen-bond donors (Lipinski definition) is 2. The molecule has 0 heterocycles. The molecule has 0 radical (unpaired) electrons. The number of hydrogen-bond acceptors (Lipinski definition) is 3. The van der Waals surface area contributed by atoms with Gasteiger partial charge in [0.25, 0.3) is 10.1 Å². The number of unbranched alkanes of at least 4 members (excludes halogenated alkanes) is 4. The highest BCUT2D eigenvalue weighted by atomic mass is 32.2. The third-order valence-corrected chi connectivity index (χ3v) is 3.18. The van der Waals surface area contributed by atoms with E-state index in [4.69, 9.17) is 4.55 Å². The van der Waals surface area contributed by atoms with Gasteiger partial charge in [0.05, 0.1) is 5.75 Å². The summed E-state index contributed by atoms with van der Waals surface area (Å²) in [5, 5.41) is 2.56. The molecule has 0 unspecified atom stereocenters. The zero-order chi connectivity index (χ0) is 13.9. The Morgan fingerprint density at radius 3 is 2.56 bits per heavy atom. The van der Waals surface area contributed by atoms with Crippen molar-refractivity contribution in [2.24, 2.45) is 0 Å². The van der Waals surface area contributed by atoms with Crippen molar-refractivity contribution in [3.8, 4) is 0 Å². The van der Waals surface area contributed by atoms with Gasteiger partial charge in [-0.3, -0.25) is 9.35 Å². The van der Waals surface area contributed by atoms with Crippen LogP contribution >= 0.6 is 0 Å². The fourth-order valence-electron chi connectivity index (χ4n) is 1.40. The van der Waals surface area contributed by atoms with Crippen LogP contribution in [-0.2, 0) is 14.9 Å². The van der Waals surface area contributed by atoms with Crippen LogP contribution in [0.2, 0.25) is 0 Å². The van der Waals surface area contributed by atoms with Crippen molar-refractivity contribution in [2.75, 3.05) is 12.3 Å². The van der Waals surface area contributed by atoms with Gasteiger partial charge in [-0.25, -0.2) is 0 Å². The predicted octanol–water partition coefficient (Wildman–Crippen LogP) is 1.91. The zero-order valence-corrected chi connectivity index (χ0v) is 11.7. The van der Waals surface area contributed by atoms with E-state index < -0.39 is 10.1 Å². The Hall–Kier alpha value is -0.880. The Kier molecular flexibility index (Phi) is 9.59. The summed E-state index contributed by atoms with van der Waals surface area (Å²) in [6.45, 7) is 2.40. The smallest absolute Gasteiger partial charge is 0.264 e. The van der Waals surface area contributed by atoms with E-state index in [0.29, 0.717) is 0 Å². The van der Waals surface area contributed by atoms with E-state index in [1.54, 1.807) is 0 Å². The van der Waals surface area contributed by atoms with Crippen LogP contribution in [0.1, 0.15) is 45.4 Å². The molecule has 0 bridgehead atoms. The maximum absolute atomic E-state index is 11.2. The fraction of sp³-hybridized carbons (Fsp3) is 0.750. The maximum atomic E-state index is 11.2. The van der Waals surface area contributed by atoms with Crippen molar-refractivity contribution >= 4 is 16.0 Å². The Morgan fingerprint density at radius 1 is 1.22 bits per heavy atom. The van der Waals surface area contributed by atoms with Crippen LogP contribution in [-0.4, -0.2) is 31.2 Å². The second-order valence-electron chi connectivity index (χ2n) is 4.18. The number of carbonyl (C=O) groups is 1. The minimum absolute atomic E-state index is 0.217. The first-order chi connectivity index (χ1) is 8.45. The SMILES string of the molecule is CCCCCC/C=C/C(=O)NCCCS(=O)(=O)O. The van der Waals surface area contributed by atoms with Gasteiger partial charge in [0.1, 0.15) is 0 Å². The van der Waals surface area contributed by atoms with Gasteiger partial charge >= 0.3 is 0 Å². The van der Waals surface area contributed by atoms with Crippen LogP contribution < -0.4 is 5.32 Å². The zero-order valence-electron chi connectivity index (χ0n) is 10.9. The normalized spacial score (nSPS) is 11.9. The fourth-order valence-corrected chi connectivity index (χ4v) is 1.91. The van der Waals surface area contributed by atoms with Gasteiger partial charge < -0.3 is 5.32 Å². The first-order valence-corrected chi connectivity index (χ1v) is 7.96. The number of rotatable bonds is 10. The Balaban J connectivity index is 3.50. The van der Waals surface area contributed by atoms with Gasteiger partial charge in [-0.15, -0.1) is 0 Å². The summed E-state index contributed by atoms with van der Waals surface area (Å²) < 4.78 is 29.3. The van der Waals surface area contributed by atoms with Crippen molar-refractivity contribution < 1.29 is 17.8 Å². The molecule has 6 heteroatoms. The van der Waals surface area contributed by atoms with E-state index in [9.17, 15) is 13.2 Å². The molecular weight excluding hydrogens is 254 g/mol. The van der Waals surface area contributed by atoms with Crippen LogP contribution in [0.3, 0.4) is 0 Å². The van der Waals surface area contributed by atoms with Crippen molar-refractivity contribution in [3.63, 3.8) is 0 Å². The highest BCUT2D eigenvalue weighted by Crippen LogP contribution is 2.02. The number of allylic oxidation sites excluding steroid dienone is 1. The Bertz CT molecular complexity index is 349. The molecule has 5 nitrogen and oxygen atoms in total. The van der Waals surface area contributed by atoms with Gasteiger partial charge in [-0.2, -0.15) is 8.42 Å². The average molecular weight is 277 g/mol. The lowest BCUT2D eigenvalue weighted by Crippen LogP contribution is -2.23. The van der Waals surface area contributed by atoms with Gasteiger partial charge in [-0.1, -0.05) is 32.3 Å². The highest BCUT2D eigenvalue weighted by molar-refractivity contribution is 7.85. The van der Waals surface area contributed by atoms with Crippen molar-refractivity contribution in [2.45, 2.75) is 45.4 Å². The number of carbonyl (C=O) groups excluding carboxylic acids is 1. The molecule has 1 amide bonds. The molecule has 0 saturated heterocycles. The summed E-state index contributed by atoms with van der Waals surface area (Å²) in [7, 11) is -3.92. The predicted molar refractivity (Wildman–Crippen MR) is 71.9 cm³/mol. The molecule has 2 N–H and O–H groups in total. The summed E-state index contributed by atoms with van der Waals surface area (Å²) in [6.07, 6.45) is 9.07. The van der Waals surface area contributed by atoms with Crippen molar-refractivity contribution in [3.05, 3.63) is 12.2 Å². The molecule has 0 aliphatic carbocycles. The molecule has 0 aromatic carbocycles. The molecule has 0 aromatic heterocycles. The Labute approximate surface area is 109 Å². The van der Waals surface area contributed by atoms with E-state index in [2.05, 4.69) is 12.2 Å². The van der Waals surface area contributed by atoms with E-state index >= 15 is 0 Å². The first kappa shape index (κ1) is 17.1. The molecule has 0 spiro atoms. The van der Waals surface area contributed by atoms with Gasteiger partial charge in [-0.05, 0) is 25.3 Å². The van der Waals surface area contributed by atoms with Crippen molar-refractivity contribution in [1.29, 1.82) is 0 Å². The van der Waals surface area contributed by atoms with E-state index in [-0.39, 0.29) is 24.6 Å². The minimum atomic E-state index is -3.92. The summed E-state index contributed by atoms with van der Waals surface area (Å²) in [5.74, 6) is -0.547. The molecule has 0 aliphatic heterocycles. The molecule has 0 fully saturated rings. The lowest BCUT2D eigenvalue weighted by Gasteiger charge is -2.00.